The number of nitriles is 1. The molecule has 1 heterocycles. The van der Waals surface area contributed by atoms with Crippen molar-refractivity contribution in [3.8, 4) is 23.3 Å². The van der Waals surface area contributed by atoms with Crippen molar-refractivity contribution in [3.05, 3.63) is 29.5 Å². The SMILES string of the molecule is COc1cc(C/C(C#N)=C/N2CCCCC2)cc(OC)c1OC. The molecule has 5 heteroatoms. The van der Waals surface area contributed by atoms with Gasteiger partial charge in [0, 0.05) is 31.3 Å². The van der Waals surface area contributed by atoms with Crippen molar-refractivity contribution in [2.24, 2.45) is 0 Å². The van der Waals surface area contributed by atoms with Crippen molar-refractivity contribution < 1.29 is 14.2 Å². The normalized spacial score (nSPS) is 15.0. The molecule has 0 unspecified atom stereocenters. The van der Waals surface area contributed by atoms with Gasteiger partial charge in [0.2, 0.25) is 5.75 Å². The first-order valence-corrected chi connectivity index (χ1v) is 7.85. The Kier molecular flexibility index (Phi) is 6.16. The molecule has 0 atom stereocenters. The molecule has 5 nitrogen and oxygen atoms in total. The summed E-state index contributed by atoms with van der Waals surface area (Å²) >= 11 is 0. The van der Waals surface area contributed by atoms with Crippen LogP contribution in [0.2, 0.25) is 0 Å². The van der Waals surface area contributed by atoms with E-state index in [0.29, 0.717) is 23.7 Å². The fourth-order valence-electron chi connectivity index (χ4n) is 2.84. The van der Waals surface area contributed by atoms with Crippen molar-refractivity contribution in [1.29, 1.82) is 5.26 Å². The van der Waals surface area contributed by atoms with Gasteiger partial charge in [-0.15, -0.1) is 0 Å². The maximum atomic E-state index is 9.44. The summed E-state index contributed by atoms with van der Waals surface area (Å²) in [5.74, 6) is 1.78. The maximum Gasteiger partial charge on any atom is 0.203 e. The van der Waals surface area contributed by atoms with Crippen LogP contribution in [0.15, 0.2) is 23.9 Å². The van der Waals surface area contributed by atoms with E-state index in [1.165, 1.54) is 19.3 Å². The van der Waals surface area contributed by atoms with Crippen LogP contribution in [0.5, 0.6) is 17.2 Å². The number of nitrogens with zero attached hydrogens (tertiary/aromatic N) is 2. The van der Waals surface area contributed by atoms with Crippen molar-refractivity contribution in [2.75, 3.05) is 34.4 Å². The lowest BCUT2D eigenvalue weighted by Gasteiger charge is -2.25. The predicted molar refractivity (Wildman–Crippen MR) is 88.9 cm³/mol. The molecule has 0 saturated carbocycles. The van der Waals surface area contributed by atoms with Crippen LogP contribution in [-0.4, -0.2) is 39.3 Å². The molecule has 1 saturated heterocycles. The first-order chi connectivity index (χ1) is 11.2. The average molecular weight is 316 g/mol. The summed E-state index contributed by atoms with van der Waals surface area (Å²) in [4.78, 5) is 2.24. The van der Waals surface area contributed by atoms with Crippen LogP contribution in [0, 0.1) is 11.3 Å². The molecule has 0 radical (unpaired) electrons. The third-order valence-corrected chi connectivity index (χ3v) is 3.99. The lowest BCUT2D eigenvalue weighted by atomic mass is 10.0. The minimum atomic E-state index is 0.545. The van der Waals surface area contributed by atoms with E-state index in [4.69, 9.17) is 14.2 Å². The minimum Gasteiger partial charge on any atom is -0.493 e. The Morgan fingerprint density at radius 3 is 2.17 bits per heavy atom. The van der Waals surface area contributed by atoms with Crippen LogP contribution in [-0.2, 0) is 6.42 Å². The molecule has 1 aliphatic heterocycles. The van der Waals surface area contributed by atoms with Gasteiger partial charge >= 0.3 is 0 Å². The summed E-state index contributed by atoms with van der Waals surface area (Å²) in [6.07, 6.45) is 6.20. The van der Waals surface area contributed by atoms with Crippen molar-refractivity contribution in [3.63, 3.8) is 0 Å². The monoisotopic (exact) mass is 316 g/mol. The van der Waals surface area contributed by atoms with Gasteiger partial charge in [0.1, 0.15) is 0 Å². The smallest absolute Gasteiger partial charge is 0.203 e. The van der Waals surface area contributed by atoms with E-state index < -0.39 is 0 Å². The van der Waals surface area contributed by atoms with Gasteiger partial charge in [0.05, 0.1) is 27.4 Å². The number of methoxy groups -OCH3 is 3. The number of benzene rings is 1. The van der Waals surface area contributed by atoms with Gasteiger partial charge < -0.3 is 19.1 Å². The number of rotatable bonds is 6. The van der Waals surface area contributed by atoms with Gasteiger partial charge in [-0.25, -0.2) is 0 Å². The van der Waals surface area contributed by atoms with Gasteiger partial charge in [-0.1, -0.05) is 0 Å². The first kappa shape index (κ1) is 17.0. The molecule has 1 fully saturated rings. The summed E-state index contributed by atoms with van der Waals surface area (Å²) in [7, 11) is 4.77. The van der Waals surface area contributed by atoms with Gasteiger partial charge in [-0.2, -0.15) is 5.26 Å². The second-order valence-corrected chi connectivity index (χ2v) is 5.57. The highest BCUT2D eigenvalue weighted by atomic mass is 16.5. The second-order valence-electron chi connectivity index (χ2n) is 5.57. The lowest BCUT2D eigenvalue weighted by Crippen LogP contribution is -2.24. The highest BCUT2D eigenvalue weighted by Crippen LogP contribution is 2.38. The van der Waals surface area contributed by atoms with Crippen LogP contribution >= 0.6 is 0 Å². The molecule has 0 aromatic heterocycles. The van der Waals surface area contributed by atoms with E-state index in [1.54, 1.807) is 21.3 Å². The molecule has 124 valence electrons. The summed E-state index contributed by atoms with van der Waals surface area (Å²) < 4.78 is 16.1. The van der Waals surface area contributed by atoms with Crippen LogP contribution in [0.25, 0.3) is 0 Å². The lowest BCUT2D eigenvalue weighted by molar-refractivity contribution is 0.308. The molecular weight excluding hydrogens is 292 g/mol. The van der Waals surface area contributed by atoms with E-state index in [1.807, 2.05) is 18.3 Å². The number of piperidine rings is 1. The molecule has 0 N–H and O–H groups in total. The van der Waals surface area contributed by atoms with E-state index in [9.17, 15) is 5.26 Å². The van der Waals surface area contributed by atoms with Crippen molar-refractivity contribution >= 4 is 0 Å². The van der Waals surface area contributed by atoms with Crippen LogP contribution < -0.4 is 14.2 Å². The van der Waals surface area contributed by atoms with Crippen LogP contribution in [0.4, 0.5) is 0 Å². The molecule has 0 spiro atoms. The van der Waals surface area contributed by atoms with E-state index in [2.05, 4.69) is 11.0 Å². The zero-order valence-electron chi connectivity index (χ0n) is 14.1. The van der Waals surface area contributed by atoms with Crippen LogP contribution in [0.3, 0.4) is 0 Å². The maximum absolute atomic E-state index is 9.44. The molecule has 0 amide bonds. The third-order valence-electron chi connectivity index (χ3n) is 3.99. The summed E-state index contributed by atoms with van der Waals surface area (Å²) in [5.41, 5.74) is 1.70. The molecule has 1 aliphatic rings. The number of hydrogen-bond acceptors (Lipinski definition) is 5. The highest BCUT2D eigenvalue weighted by Gasteiger charge is 2.14. The second kappa shape index (κ2) is 8.33. The first-order valence-electron chi connectivity index (χ1n) is 7.85. The zero-order chi connectivity index (χ0) is 16.7. The number of ether oxygens (including phenoxy) is 3. The third kappa shape index (κ3) is 4.32. The molecule has 1 aromatic rings. The van der Waals surface area contributed by atoms with Gasteiger partial charge in [0.25, 0.3) is 0 Å². The summed E-state index contributed by atoms with van der Waals surface area (Å²) in [6.45, 7) is 2.06. The van der Waals surface area contributed by atoms with E-state index >= 15 is 0 Å². The minimum absolute atomic E-state index is 0.545. The van der Waals surface area contributed by atoms with Crippen LogP contribution in [0.1, 0.15) is 24.8 Å². The number of likely N-dealkylation sites (tertiary alicyclic amines) is 1. The quantitative estimate of drug-likeness (QED) is 0.755. The molecule has 1 aromatic carbocycles. The fourth-order valence-corrected chi connectivity index (χ4v) is 2.84. The predicted octanol–water partition coefficient (Wildman–Crippen LogP) is 3.15. The Morgan fingerprint density at radius 1 is 1.09 bits per heavy atom. The van der Waals surface area contributed by atoms with Gasteiger partial charge in [-0.3, -0.25) is 0 Å². The summed E-state index contributed by atoms with van der Waals surface area (Å²) in [6, 6.07) is 6.09. The molecule has 2 rings (SSSR count). The largest absolute Gasteiger partial charge is 0.493 e. The number of hydrogen-bond donors (Lipinski definition) is 0. The topological polar surface area (TPSA) is 54.7 Å². The van der Waals surface area contributed by atoms with Gasteiger partial charge in [-0.05, 0) is 37.0 Å². The Bertz CT molecular complexity index is 574. The number of allylic oxidation sites excluding steroid dienone is 1. The summed E-state index contributed by atoms with van der Waals surface area (Å²) in [5, 5.41) is 9.44. The fraction of sp³-hybridized carbons (Fsp3) is 0.500. The molecule has 23 heavy (non-hydrogen) atoms. The van der Waals surface area contributed by atoms with Gasteiger partial charge in [0.15, 0.2) is 11.5 Å². The highest BCUT2D eigenvalue weighted by molar-refractivity contribution is 5.54. The van der Waals surface area contributed by atoms with E-state index in [-0.39, 0.29) is 0 Å². The van der Waals surface area contributed by atoms with Crippen molar-refractivity contribution in [2.45, 2.75) is 25.7 Å². The Balaban J connectivity index is 2.23. The molecule has 0 bridgehead atoms. The standard InChI is InChI=1S/C18H24N2O3/c1-21-16-10-14(11-17(22-2)18(16)23-3)9-15(12-19)13-20-7-5-4-6-8-20/h10-11,13H,4-9H2,1-3H3/b15-13-. The zero-order valence-corrected chi connectivity index (χ0v) is 14.1. The molecular formula is C18H24N2O3. The van der Waals surface area contributed by atoms with E-state index in [0.717, 1.165) is 24.2 Å². The Hall–Kier alpha value is -2.35. The average Bonchev–Trinajstić information content (AvgIpc) is 2.61. The van der Waals surface area contributed by atoms with Crippen molar-refractivity contribution in [1.82, 2.24) is 4.90 Å². The molecule has 0 aliphatic carbocycles. The Morgan fingerprint density at radius 2 is 1.70 bits per heavy atom. The Labute approximate surface area is 138 Å².